The fraction of sp³-hybridized carbons (Fsp3) is 0.519. The molecule has 0 bridgehead atoms. The summed E-state index contributed by atoms with van der Waals surface area (Å²) in [5.41, 5.74) is 1.34. The highest BCUT2D eigenvalue weighted by Crippen LogP contribution is 2.23. The molecule has 3 aromatic heterocycles. The minimum Gasteiger partial charge on any atom is -0.336 e. The molecule has 3 aromatic rings. The van der Waals surface area contributed by atoms with E-state index in [0.29, 0.717) is 43.8 Å². The number of rotatable bonds is 8. The average Bonchev–Trinajstić information content (AvgIpc) is 3.40. The lowest BCUT2D eigenvalue weighted by molar-refractivity contribution is -0.129. The minimum absolute atomic E-state index is 0.0259. The first-order valence-electron chi connectivity index (χ1n) is 13.5. The van der Waals surface area contributed by atoms with E-state index in [-0.39, 0.29) is 17.5 Å². The zero-order valence-corrected chi connectivity index (χ0v) is 22.3. The van der Waals surface area contributed by atoms with E-state index in [2.05, 4.69) is 45.7 Å². The van der Waals surface area contributed by atoms with Crippen LogP contribution in [-0.4, -0.2) is 97.3 Å². The first-order chi connectivity index (χ1) is 18.4. The van der Waals surface area contributed by atoms with E-state index in [1.807, 2.05) is 15.8 Å². The third-order valence-electron chi connectivity index (χ3n) is 7.82. The van der Waals surface area contributed by atoms with Crippen LogP contribution in [0.3, 0.4) is 0 Å². The van der Waals surface area contributed by atoms with E-state index in [9.17, 15) is 9.59 Å². The molecule has 0 aliphatic carbocycles. The second kappa shape index (κ2) is 11.4. The van der Waals surface area contributed by atoms with Crippen molar-refractivity contribution in [2.24, 2.45) is 0 Å². The first kappa shape index (κ1) is 26.1. The van der Waals surface area contributed by atoms with Gasteiger partial charge in [0.25, 0.3) is 5.56 Å². The van der Waals surface area contributed by atoms with E-state index >= 15 is 0 Å². The Kier molecular flexibility index (Phi) is 7.85. The molecule has 1 unspecified atom stereocenters. The molecular weight excluding hydrogens is 482 g/mol. The molecule has 1 N–H and O–H groups in total. The first-order valence-corrected chi connectivity index (χ1v) is 13.5. The lowest BCUT2D eigenvalue weighted by atomic mass is 10.1. The van der Waals surface area contributed by atoms with Crippen LogP contribution in [0.5, 0.6) is 0 Å². The van der Waals surface area contributed by atoms with Crippen molar-refractivity contribution in [2.75, 3.05) is 51.6 Å². The van der Waals surface area contributed by atoms with Gasteiger partial charge in [0, 0.05) is 62.6 Å². The predicted molar refractivity (Wildman–Crippen MR) is 148 cm³/mol. The van der Waals surface area contributed by atoms with E-state index in [4.69, 9.17) is 4.98 Å². The highest BCUT2D eigenvalue weighted by molar-refractivity contribution is 5.87. The molecular formula is C27H37N9O2. The molecule has 38 heavy (non-hydrogen) atoms. The molecule has 0 saturated carbocycles. The molecule has 5 heterocycles. The average molecular weight is 520 g/mol. The molecule has 5 rings (SSSR count). The van der Waals surface area contributed by atoms with Gasteiger partial charge in [-0.25, -0.2) is 4.98 Å². The summed E-state index contributed by atoms with van der Waals surface area (Å²) in [5, 5.41) is 8.64. The van der Waals surface area contributed by atoms with Crippen LogP contribution in [0, 0.1) is 0 Å². The van der Waals surface area contributed by atoms with Gasteiger partial charge < -0.3 is 15.1 Å². The van der Waals surface area contributed by atoms with Gasteiger partial charge in [-0.15, -0.1) is 0 Å². The second-order valence-electron chi connectivity index (χ2n) is 10.3. The Morgan fingerprint density at radius 3 is 2.74 bits per heavy atom. The Labute approximate surface area is 222 Å². The van der Waals surface area contributed by atoms with E-state index in [0.717, 1.165) is 50.0 Å². The Hall–Kier alpha value is -3.57. The number of hydrogen-bond donors (Lipinski definition) is 1. The Morgan fingerprint density at radius 2 is 1.97 bits per heavy atom. The predicted octanol–water partition coefficient (Wildman–Crippen LogP) is 2.11. The van der Waals surface area contributed by atoms with Crippen LogP contribution < -0.4 is 10.9 Å². The van der Waals surface area contributed by atoms with Gasteiger partial charge in [0.05, 0.1) is 17.9 Å². The fourth-order valence-corrected chi connectivity index (χ4v) is 5.47. The molecule has 2 aliphatic rings. The number of carbonyl (C=O) groups is 1. The molecule has 11 nitrogen and oxygen atoms in total. The number of fused-ring (bicyclic) bond motifs is 1. The molecule has 1 atom stereocenters. The monoisotopic (exact) mass is 519 g/mol. The quantitative estimate of drug-likeness (QED) is 0.452. The molecule has 2 fully saturated rings. The molecule has 1 amide bonds. The van der Waals surface area contributed by atoms with Gasteiger partial charge in [-0.05, 0) is 51.5 Å². The smallest absolute Gasteiger partial charge is 0.252 e. The summed E-state index contributed by atoms with van der Waals surface area (Å²) < 4.78 is 3.75. The Morgan fingerprint density at radius 1 is 1.16 bits per heavy atom. The number of carbonyl (C=O) groups excluding carboxylic acids is 1. The maximum atomic E-state index is 12.9. The van der Waals surface area contributed by atoms with Crippen molar-refractivity contribution in [2.45, 2.75) is 44.8 Å². The maximum absolute atomic E-state index is 12.9. The van der Waals surface area contributed by atoms with Crippen molar-refractivity contribution in [1.29, 1.82) is 0 Å². The number of likely N-dealkylation sites (tertiary alicyclic amines) is 1. The van der Waals surface area contributed by atoms with Crippen molar-refractivity contribution in [1.82, 2.24) is 39.0 Å². The standard InChI is InChI=1S/C27H37N9O2/c1-4-22-19-34(24(37)5-2)13-12-33(22)14-15-35-25(38)7-6-20-16-28-27(31-26(20)35)30-21-17-29-36(18-21)23-8-10-32(3)11-9-23/h5-7,16-18,22-23H,2,4,8-15,19H2,1,3H3,(H,28,30,31). The number of hydrogen-bond acceptors (Lipinski definition) is 8. The number of nitrogens with one attached hydrogen (secondary N) is 1. The molecule has 2 aliphatic heterocycles. The lowest BCUT2D eigenvalue weighted by Crippen LogP contribution is -2.55. The summed E-state index contributed by atoms with van der Waals surface area (Å²) in [6.07, 6.45) is 10.0. The highest BCUT2D eigenvalue weighted by Gasteiger charge is 2.27. The fourth-order valence-electron chi connectivity index (χ4n) is 5.47. The number of piperidine rings is 1. The number of pyridine rings is 1. The summed E-state index contributed by atoms with van der Waals surface area (Å²) in [6, 6.07) is 3.98. The van der Waals surface area contributed by atoms with Crippen molar-refractivity contribution in [3.8, 4) is 0 Å². The van der Waals surface area contributed by atoms with Gasteiger partial charge in [0.2, 0.25) is 11.9 Å². The SMILES string of the molecule is C=CC(=O)N1CCN(CCn2c(=O)ccc3cnc(Nc4cnn(C5CCN(C)CC5)c4)nc32)C(CC)C1. The van der Waals surface area contributed by atoms with Crippen LogP contribution >= 0.6 is 0 Å². The molecule has 0 aromatic carbocycles. The second-order valence-corrected chi connectivity index (χ2v) is 10.3. The number of piperazine rings is 1. The molecule has 202 valence electrons. The van der Waals surface area contributed by atoms with Crippen LogP contribution in [-0.2, 0) is 11.3 Å². The summed E-state index contributed by atoms with van der Waals surface area (Å²) in [6.45, 7) is 11.2. The molecule has 11 heteroatoms. The van der Waals surface area contributed by atoms with Crippen LogP contribution in [0.2, 0.25) is 0 Å². The summed E-state index contributed by atoms with van der Waals surface area (Å²) >= 11 is 0. The lowest BCUT2D eigenvalue weighted by Gasteiger charge is -2.41. The maximum Gasteiger partial charge on any atom is 0.252 e. The van der Waals surface area contributed by atoms with Crippen molar-refractivity contribution in [3.63, 3.8) is 0 Å². The van der Waals surface area contributed by atoms with Crippen LogP contribution in [0.1, 0.15) is 32.2 Å². The molecule has 2 saturated heterocycles. The normalized spacial score (nSPS) is 19.6. The third-order valence-corrected chi connectivity index (χ3v) is 7.82. The van der Waals surface area contributed by atoms with Gasteiger partial charge in [-0.1, -0.05) is 13.5 Å². The molecule has 0 spiro atoms. The van der Waals surface area contributed by atoms with Crippen molar-refractivity contribution >= 4 is 28.6 Å². The van der Waals surface area contributed by atoms with E-state index in [1.165, 1.54) is 6.08 Å². The van der Waals surface area contributed by atoms with Gasteiger partial charge in [-0.3, -0.25) is 23.7 Å². The van der Waals surface area contributed by atoms with E-state index < -0.39 is 0 Å². The van der Waals surface area contributed by atoms with Crippen LogP contribution in [0.15, 0.2) is 48.2 Å². The topological polar surface area (TPSA) is 104 Å². The van der Waals surface area contributed by atoms with E-state index in [1.54, 1.807) is 29.1 Å². The van der Waals surface area contributed by atoms with Gasteiger partial charge in [0.15, 0.2) is 0 Å². The number of aromatic nitrogens is 5. The van der Waals surface area contributed by atoms with Crippen molar-refractivity contribution in [3.05, 3.63) is 53.7 Å². The molecule has 0 radical (unpaired) electrons. The summed E-state index contributed by atoms with van der Waals surface area (Å²) in [5.74, 6) is 0.407. The third kappa shape index (κ3) is 5.63. The zero-order valence-electron chi connectivity index (χ0n) is 22.3. The number of nitrogens with zero attached hydrogens (tertiary/aromatic N) is 8. The summed E-state index contributed by atoms with van der Waals surface area (Å²) in [4.78, 5) is 40.7. The zero-order chi connectivity index (χ0) is 26.6. The summed E-state index contributed by atoms with van der Waals surface area (Å²) in [7, 11) is 2.15. The Balaban J connectivity index is 1.30. The van der Waals surface area contributed by atoms with Gasteiger partial charge in [0.1, 0.15) is 5.65 Å². The van der Waals surface area contributed by atoms with Gasteiger partial charge in [-0.2, -0.15) is 10.1 Å². The van der Waals surface area contributed by atoms with Crippen molar-refractivity contribution < 1.29 is 4.79 Å². The largest absolute Gasteiger partial charge is 0.336 e. The van der Waals surface area contributed by atoms with Crippen LogP contribution in [0.25, 0.3) is 11.0 Å². The number of anilines is 2. The number of amides is 1. The Bertz CT molecular complexity index is 1340. The highest BCUT2D eigenvalue weighted by atomic mass is 16.2. The minimum atomic E-state index is -0.0919. The van der Waals surface area contributed by atoms with Crippen LogP contribution in [0.4, 0.5) is 11.6 Å². The van der Waals surface area contributed by atoms with Gasteiger partial charge >= 0.3 is 0 Å².